The van der Waals surface area contributed by atoms with E-state index in [9.17, 15) is 14.0 Å². The molecule has 27 heavy (non-hydrogen) atoms. The van der Waals surface area contributed by atoms with E-state index in [2.05, 4.69) is 0 Å². The van der Waals surface area contributed by atoms with Crippen LogP contribution in [0.25, 0.3) is 6.08 Å². The first kappa shape index (κ1) is 19.2. The van der Waals surface area contributed by atoms with Gasteiger partial charge in [-0.3, -0.25) is 14.5 Å². The van der Waals surface area contributed by atoms with Crippen LogP contribution in [0.5, 0.6) is 5.75 Å². The third kappa shape index (κ3) is 4.77. The lowest BCUT2D eigenvalue weighted by Gasteiger charge is -2.11. The molecule has 0 aromatic heterocycles. The van der Waals surface area contributed by atoms with Gasteiger partial charge in [-0.2, -0.15) is 0 Å². The highest BCUT2D eigenvalue weighted by molar-refractivity contribution is 8.18. The maximum absolute atomic E-state index is 13.0. The lowest BCUT2D eigenvalue weighted by Crippen LogP contribution is -2.29. The molecule has 140 valence electrons. The number of nitrogens with zero attached hydrogens (tertiary/aromatic N) is 1. The summed E-state index contributed by atoms with van der Waals surface area (Å²) in [5.74, 6) is 0.0481. The fourth-order valence-corrected chi connectivity index (χ4v) is 3.48. The van der Waals surface area contributed by atoms with Gasteiger partial charge in [0.1, 0.15) is 18.2 Å². The summed E-state index contributed by atoms with van der Waals surface area (Å²) in [5.41, 5.74) is 1.56. The van der Waals surface area contributed by atoms with Crippen molar-refractivity contribution in [1.82, 2.24) is 4.90 Å². The van der Waals surface area contributed by atoms with Crippen LogP contribution in [0.4, 0.5) is 9.18 Å². The monoisotopic (exact) mass is 385 g/mol. The second kappa shape index (κ2) is 8.86. The Hall–Kier alpha value is -2.60. The van der Waals surface area contributed by atoms with Crippen LogP contribution >= 0.6 is 11.8 Å². The molecule has 0 atom stereocenters. The highest BCUT2D eigenvalue weighted by Gasteiger charge is 2.34. The molecule has 2 aromatic rings. The lowest BCUT2D eigenvalue weighted by molar-refractivity contribution is -0.122. The normalized spacial score (nSPS) is 15.6. The predicted octanol–water partition coefficient (Wildman–Crippen LogP) is 5.24. The number of carbonyl (C=O) groups excluding carboxylic acids is 2. The van der Waals surface area contributed by atoms with E-state index in [1.165, 1.54) is 17.0 Å². The first-order valence-corrected chi connectivity index (χ1v) is 9.61. The maximum atomic E-state index is 13.0. The summed E-state index contributed by atoms with van der Waals surface area (Å²) < 4.78 is 18.8. The van der Waals surface area contributed by atoms with E-state index in [4.69, 9.17) is 4.74 Å². The Balaban J connectivity index is 1.75. The number of ether oxygens (including phenoxy) is 1. The zero-order valence-electron chi connectivity index (χ0n) is 15.0. The molecule has 0 saturated carbocycles. The van der Waals surface area contributed by atoms with Crippen LogP contribution in [0, 0.1) is 5.82 Å². The van der Waals surface area contributed by atoms with Crippen molar-refractivity contribution >= 4 is 29.0 Å². The minimum atomic E-state index is -0.294. The maximum Gasteiger partial charge on any atom is 0.293 e. The van der Waals surface area contributed by atoms with E-state index in [1.807, 2.05) is 25.1 Å². The van der Waals surface area contributed by atoms with Crippen LogP contribution in [0.3, 0.4) is 0 Å². The van der Waals surface area contributed by atoms with E-state index < -0.39 is 0 Å². The van der Waals surface area contributed by atoms with Crippen molar-refractivity contribution in [3.05, 3.63) is 70.4 Å². The number of hydrogen-bond acceptors (Lipinski definition) is 4. The summed E-state index contributed by atoms with van der Waals surface area (Å²) in [7, 11) is 0. The van der Waals surface area contributed by atoms with Crippen LogP contribution < -0.4 is 4.74 Å². The van der Waals surface area contributed by atoms with E-state index in [1.54, 1.807) is 24.3 Å². The quantitative estimate of drug-likeness (QED) is 0.612. The Labute approximate surface area is 162 Å². The fourth-order valence-electron chi connectivity index (χ4n) is 2.62. The van der Waals surface area contributed by atoms with Crippen molar-refractivity contribution in [2.75, 3.05) is 6.54 Å². The molecule has 0 unspecified atom stereocenters. The Kier molecular flexibility index (Phi) is 6.29. The largest absolute Gasteiger partial charge is 0.488 e. The lowest BCUT2D eigenvalue weighted by atomic mass is 10.1. The number of unbranched alkanes of at least 4 members (excludes halogenated alkanes) is 1. The molecule has 2 aromatic carbocycles. The van der Waals surface area contributed by atoms with Gasteiger partial charge in [0.05, 0.1) is 4.91 Å². The zero-order valence-corrected chi connectivity index (χ0v) is 15.8. The van der Waals surface area contributed by atoms with Gasteiger partial charge in [0.15, 0.2) is 0 Å². The van der Waals surface area contributed by atoms with Crippen LogP contribution in [-0.2, 0) is 11.4 Å². The van der Waals surface area contributed by atoms with Crippen molar-refractivity contribution in [3.8, 4) is 5.75 Å². The molecule has 4 nitrogen and oxygen atoms in total. The summed E-state index contributed by atoms with van der Waals surface area (Å²) in [4.78, 5) is 26.3. The number of imide groups is 1. The molecule has 0 radical (unpaired) electrons. The Morgan fingerprint density at radius 1 is 1.11 bits per heavy atom. The molecule has 0 aliphatic carbocycles. The molecule has 1 heterocycles. The molecule has 0 N–H and O–H groups in total. The second-order valence-electron chi connectivity index (χ2n) is 6.14. The first-order chi connectivity index (χ1) is 13.1. The molecular formula is C21H20FNO3S. The van der Waals surface area contributed by atoms with Gasteiger partial charge in [-0.05, 0) is 48.0 Å². The number of benzene rings is 2. The van der Waals surface area contributed by atoms with Crippen molar-refractivity contribution in [2.24, 2.45) is 0 Å². The van der Waals surface area contributed by atoms with E-state index >= 15 is 0 Å². The summed E-state index contributed by atoms with van der Waals surface area (Å²) in [6, 6.07) is 13.4. The molecule has 1 aliphatic heterocycles. The van der Waals surface area contributed by atoms with Gasteiger partial charge in [-0.25, -0.2) is 4.39 Å². The highest BCUT2D eigenvalue weighted by atomic mass is 32.2. The first-order valence-electron chi connectivity index (χ1n) is 8.80. The van der Waals surface area contributed by atoms with Crippen molar-refractivity contribution in [3.63, 3.8) is 0 Å². The number of thioether (sulfide) groups is 1. The SMILES string of the molecule is CCCCN1C(=O)S/C(=C\c2ccccc2OCc2ccc(F)cc2)C1=O. The average Bonchev–Trinajstić information content (AvgIpc) is 2.93. The third-order valence-electron chi connectivity index (χ3n) is 4.12. The Bertz CT molecular complexity index is 864. The smallest absolute Gasteiger partial charge is 0.293 e. The van der Waals surface area contributed by atoms with Crippen molar-refractivity contribution in [1.29, 1.82) is 0 Å². The van der Waals surface area contributed by atoms with Gasteiger partial charge in [-0.15, -0.1) is 0 Å². The molecule has 0 bridgehead atoms. The van der Waals surface area contributed by atoms with Gasteiger partial charge < -0.3 is 4.74 Å². The van der Waals surface area contributed by atoms with Crippen LogP contribution in [0.2, 0.25) is 0 Å². The molecule has 1 aliphatic rings. The zero-order chi connectivity index (χ0) is 19.2. The molecule has 2 amide bonds. The van der Waals surface area contributed by atoms with E-state index in [0.29, 0.717) is 17.2 Å². The highest BCUT2D eigenvalue weighted by Crippen LogP contribution is 2.34. The second-order valence-corrected chi connectivity index (χ2v) is 7.13. The van der Waals surface area contributed by atoms with Crippen LogP contribution in [-0.4, -0.2) is 22.6 Å². The summed E-state index contributed by atoms with van der Waals surface area (Å²) in [6.45, 7) is 2.74. The summed E-state index contributed by atoms with van der Waals surface area (Å²) in [6.07, 6.45) is 3.40. The number of amides is 2. The molecular weight excluding hydrogens is 365 g/mol. The Morgan fingerprint density at radius 2 is 1.85 bits per heavy atom. The van der Waals surface area contributed by atoms with E-state index in [-0.39, 0.29) is 23.6 Å². The van der Waals surface area contributed by atoms with Gasteiger partial charge in [0.2, 0.25) is 0 Å². The molecule has 6 heteroatoms. The third-order valence-corrected chi connectivity index (χ3v) is 5.03. The molecule has 0 spiro atoms. The minimum absolute atomic E-state index is 0.232. The number of para-hydroxylation sites is 1. The van der Waals surface area contributed by atoms with Gasteiger partial charge in [-0.1, -0.05) is 43.7 Å². The molecule has 3 rings (SSSR count). The standard InChI is InChI=1S/C21H20FNO3S/c1-2-3-12-23-20(24)19(27-21(23)25)13-16-6-4-5-7-18(16)26-14-15-8-10-17(22)11-9-15/h4-11,13H,2-3,12,14H2,1H3/b19-13-. The van der Waals surface area contributed by atoms with Gasteiger partial charge >= 0.3 is 0 Å². The van der Waals surface area contributed by atoms with Crippen LogP contribution in [0.1, 0.15) is 30.9 Å². The number of carbonyl (C=O) groups is 2. The van der Waals surface area contributed by atoms with Gasteiger partial charge in [0.25, 0.3) is 11.1 Å². The predicted molar refractivity (Wildman–Crippen MR) is 105 cm³/mol. The summed E-state index contributed by atoms with van der Waals surface area (Å²) in [5, 5.41) is -0.232. The van der Waals surface area contributed by atoms with Crippen molar-refractivity contribution < 1.29 is 18.7 Å². The average molecular weight is 385 g/mol. The fraction of sp³-hybridized carbons (Fsp3) is 0.238. The number of hydrogen-bond donors (Lipinski definition) is 0. The minimum Gasteiger partial charge on any atom is -0.488 e. The number of rotatable bonds is 7. The topological polar surface area (TPSA) is 46.6 Å². The Morgan fingerprint density at radius 3 is 2.59 bits per heavy atom. The number of halogens is 1. The molecule has 1 saturated heterocycles. The summed E-state index contributed by atoms with van der Waals surface area (Å²) >= 11 is 0.953. The van der Waals surface area contributed by atoms with Crippen molar-refractivity contribution in [2.45, 2.75) is 26.4 Å². The van der Waals surface area contributed by atoms with E-state index in [0.717, 1.165) is 35.7 Å². The molecule has 1 fully saturated rings. The van der Waals surface area contributed by atoms with Crippen LogP contribution in [0.15, 0.2) is 53.4 Å². The van der Waals surface area contributed by atoms with Gasteiger partial charge in [0, 0.05) is 12.1 Å².